The Morgan fingerprint density at radius 1 is 1.19 bits per heavy atom. The minimum Gasteiger partial charge on any atom is -0.378 e. The maximum absolute atomic E-state index is 12.9. The number of halogens is 3. The van der Waals surface area contributed by atoms with Gasteiger partial charge in [-0.05, 0) is 24.6 Å². The molecule has 1 aliphatic carbocycles. The summed E-state index contributed by atoms with van der Waals surface area (Å²) in [5, 5.41) is 0.196. The van der Waals surface area contributed by atoms with E-state index < -0.39 is 35.1 Å². The van der Waals surface area contributed by atoms with Gasteiger partial charge in [0.25, 0.3) is 0 Å². The van der Waals surface area contributed by atoms with Gasteiger partial charge in [0.05, 0.1) is 12.3 Å². The van der Waals surface area contributed by atoms with Crippen LogP contribution in [0.4, 0.5) is 13.2 Å². The molecule has 6 nitrogen and oxygen atoms in total. The van der Waals surface area contributed by atoms with Gasteiger partial charge in [-0.15, -0.1) is 0 Å². The second kappa shape index (κ2) is 7.15. The van der Waals surface area contributed by atoms with Crippen molar-refractivity contribution in [2.24, 2.45) is 5.92 Å². The Balaban J connectivity index is 2.11. The Bertz CT molecular complexity index is 924. The molecule has 0 amide bonds. The van der Waals surface area contributed by atoms with E-state index in [0.29, 0.717) is 6.42 Å². The Morgan fingerprint density at radius 3 is 2.44 bits per heavy atom. The standard InChI is InChI=1S/C18H15F3N2O4/c1-27-8-11-10(16(26)15-12(24)3-2-4-13(15)25)7-9-5-6-14(18(19,20)21)23-17(9)22-11/h5-7,15H,2-4,8H2,1H3. The number of ketones is 3. The molecule has 1 fully saturated rings. The first-order valence-corrected chi connectivity index (χ1v) is 8.19. The van der Waals surface area contributed by atoms with Gasteiger partial charge < -0.3 is 4.74 Å². The quantitative estimate of drug-likeness (QED) is 0.599. The number of ether oxygens (including phenoxy) is 1. The van der Waals surface area contributed by atoms with Gasteiger partial charge in [0.1, 0.15) is 11.6 Å². The van der Waals surface area contributed by atoms with Crippen LogP contribution in [-0.2, 0) is 27.1 Å². The van der Waals surface area contributed by atoms with Crippen molar-refractivity contribution < 1.29 is 32.3 Å². The molecular weight excluding hydrogens is 365 g/mol. The molecule has 0 unspecified atom stereocenters. The molecule has 9 heteroatoms. The SMILES string of the molecule is COCc1nc2nc(C(F)(F)F)ccc2cc1C(=O)C1C(=O)CCCC1=O. The third-order valence-corrected chi connectivity index (χ3v) is 4.35. The van der Waals surface area contributed by atoms with Crippen LogP contribution in [0, 0.1) is 5.92 Å². The molecule has 0 atom stereocenters. The Kier molecular flexibility index (Phi) is 5.05. The topological polar surface area (TPSA) is 86.2 Å². The zero-order valence-electron chi connectivity index (χ0n) is 14.3. The number of hydrogen-bond donors (Lipinski definition) is 0. The zero-order chi connectivity index (χ0) is 19.8. The molecule has 0 aromatic carbocycles. The number of rotatable bonds is 4. The number of hydrogen-bond acceptors (Lipinski definition) is 6. The Labute approximate surface area is 151 Å². The van der Waals surface area contributed by atoms with Crippen LogP contribution in [0.5, 0.6) is 0 Å². The highest BCUT2D eigenvalue weighted by Crippen LogP contribution is 2.30. The Hall–Kier alpha value is -2.68. The molecular formula is C18H15F3N2O4. The number of fused-ring (bicyclic) bond motifs is 1. The third-order valence-electron chi connectivity index (χ3n) is 4.35. The van der Waals surface area contributed by atoms with Gasteiger partial charge in [0.2, 0.25) is 0 Å². The van der Waals surface area contributed by atoms with Gasteiger partial charge in [-0.3, -0.25) is 14.4 Å². The van der Waals surface area contributed by atoms with E-state index in [2.05, 4.69) is 9.97 Å². The van der Waals surface area contributed by atoms with E-state index in [1.54, 1.807) is 0 Å². The summed E-state index contributed by atoms with van der Waals surface area (Å²) in [6, 6.07) is 3.24. The fourth-order valence-electron chi connectivity index (χ4n) is 3.06. The monoisotopic (exact) mass is 380 g/mol. The highest BCUT2D eigenvalue weighted by molar-refractivity contribution is 6.25. The van der Waals surface area contributed by atoms with Crippen molar-refractivity contribution in [2.45, 2.75) is 32.0 Å². The predicted octanol–water partition coefficient (Wildman–Crippen LogP) is 2.92. The molecule has 2 aromatic heterocycles. The van der Waals surface area contributed by atoms with Crippen LogP contribution in [-0.4, -0.2) is 34.4 Å². The first-order valence-electron chi connectivity index (χ1n) is 8.19. The van der Waals surface area contributed by atoms with Crippen molar-refractivity contribution in [2.75, 3.05) is 7.11 Å². The summed E-state index contributed by atoms with van der Waals surface area (Å²) in [5.74, 6) is -3.00. The van der Waals surface area contributed by atoms with Gasteiger partial charge >= 0.3 is 6.18 Å². The predicted molar refractivity (Wildman–Crippen MR) is 86.9 cm³/mol. The van der Waals surface area contributed by atoms with Crippen molar-refractivity contribution in [3.8, 4) is 0 Å². The van der Waals surface area contributed by atoms with Crippen molar-refractivity contribution in [3.05, 3.63) is 35.2 Å². The molecule has 0 saturated heterocycles. The van der Waals surface area contributed by atoms with Crippen molar-refractivity contribution in [3.63, 3.8) is 0 Å². The molecule has 0 N–H and O–H groups in total. The van der Waals surface area contributed by atoms with Crippen molar-refractivity contribution in [1.82, 2.24) is 9.97 Å². The summed E-state index contributed by atoms with van der Waals surface area (Å²) >= 11 is 0. The maximum atomic E-state index is 12.9. The third kappa shape index (κ3) is 3.73. The zero-order valence-corrected chi connectivity index (χ0v) is 14.3. The van der Waals surface area contributed by atoms with E-state index in [9.17, 15) is 27.6 Å². The number of Topliss-reactive ketones (excluding diaryl/α,β-unsaturated/α-hetero) is 3. The molecule has 0 spiro atoms. The van der Waals surface area contributed by atoms with E-state index in [-0.39, 0.29) is 41.7 Å². The number of pyridine rings is 2. The molecule has 3 rings (SSSR count). The number of carbonyl (C=O) groups excluding carboxylic acids is 3. The van der Waals surface area contributed by atoms with Crippen LogP contribution in [0.15, 0.2) is 18.2 Å². The number of alkyl halides is 3. The van der Waals surface area contributed by atoms with Gasteiger partial charge in [-0.1, -0.05) is 0 Å². The molecule has 2 aromatic rings. The second-order valence-corrected chi connectivity index (χ2v) is 6.24. The lowest BCUT2D eigenvalue weighted by atomic mass is 9.81. The molecule has 142 valence electrons. The molecule has 0 aliphatic heterocycles. The fraction of sp³-hybridized carbons (Fsp3) is 0.389. The highest BCUT2D eigenvalue weighted by atomic mass is 19.4. The highest BCUT2D eigenvalue weighted by Gasteiger charge is 2.38. The lowest BCUT2D eigenvalue weighted by molar-refractivity contribution is -0.141. The summed E-state index contributed by atoms with van der Waals surface area (Å²) in [7, 11) is 1.33. The smallest absolute Gasteiger partial charge is 0.378 e. The number of nitrogens with zero attached hydrogens (tertiary/aromatic N) is 2. The van der Waals surface area contributed by atoms with E-state index in [1.165, 1.54) is 13.2 Å². The Morgan fingerprint density at radius 2 is 1.85 bits per heavy atom. The summed E-state index contributed by atoms with van der Waals surface area (Å²) in [4.78, 5) is 44.5. The normalized spacial score (nSPS) is 16.1. The lowest BCUT2D eigenvalue weighted by Crippen LogP contribution is -2.35. The number of carbonyl (C=O) groups is 3. The van der Waals surface area contributed by atoms with Crippen LogP contribution >= 0.6 is 0 Å². The summed E-state index contributed by atoms with van der Waals surface area (Å²) < 4.78 is 43.5. The first kappa shape index (κ1) is 19.1. The van der Waals surface area contributed by atoms with Crippen LogP contribution in [0.2, 0.25) is 0 Å². The lowest BCUT2D eigenvalue weighted by Gasteiger charge is -2.19. The largest absolute Gasteiger partial charge is 0.433 e. The van der Waals surface area contributed by atoms with Crippen molar-refractivity contribution >= 4 is 28.4 Å². The molecule has 1 aliphatic rings. The summed E-state index contributed by atoms with van der Waals surface area (Å²) in [6.45, 7) is -0.177. The van der Waals surface area contributed by atoms with Gasteiger partial charge in [0, 0.05) is 30.9 Å². The summed E-state index contributed by atoms with van der Waals surface area (Å²) in [6.07, 6.45) is -3.95. The number of aromatic nitrogens is 2. The van der Waals surface area contributed by atoms with Gasteiger partial charge in [-0.25, -0.2) is 9.97 Å². The van der Waals surface area contributed by atoms with Crippen molar-refractivity contribution in [1.29, 1.82) is 0 Å². The van der Waals surface area contributed by atoms with Crippen LogP contribution in [0.1, 0.15) is 41.0 Å². The van der Waals surface area contributed by atoms with Crippen LogP contribution in [0.3, 0.4) is 0 Å². The molecule has 27 heavy (non-hydrogen) atoms. The molecule has 0 bridgehead atoms. The van der Waals surface area contributed by atoms with E-state index in [0.717, 1.165) is 12.1 Å². The van der Waals surface area contributed by atoms with E-state index >= 15 is 0 Å². The van der Waals surface area contributed by atoms with Gasteiger partial charge in [-0.2, -0.15) is 13.2 Å². The molecule has 2 heterocycles. The van der Waals surface area contributed by atoms with Crippen LogP contribution < -0.4 is 0 Å². The van der Waals surface area contributed by atoms with E-state index in [4.69, 9.17) is 4.74 Å². The average Bonchev–Trinajstić information content (AvgIpc) is 2.60. The maximum Gasteiger partial charge on any atom is 0.433 e. The fourth-order valence-corrected chi connectivity index (χ4v) is 3.06. The molecule has 0 radical (unpaired) electrons. The van der Waals surface area contributed by atoms with E-state index in [1.807, 2.05) is 0 Å². The minimum atomic E-state index is -4.63. The summed E-state index contributed by atoms with van der Waals surface area (Å²) in [5.41, 5.74) is -1.29. The first-order chi connectivity index (χ1) is 12.7. The van der Waals surface area contributed by atoms with Crippen LogP contribution in [0.25, 0.3) is 11.0 Å². The van der Waals surface area contributed by atoms with Gasteiger partial charge in [0.15, 0.2) is 23.0 Å². The molecule has 1 saturated carbocycles. The average molecular weight is 380 g/mol. The minimum absolute atomic E-state index is 0.0143. The number of methoxy groups -OCH3 is 1. The second-order valence-electron chi connectivity index (χ2n) is 6.24.